The molecule has 9 nitrogen and oxygen atoms in total. The Morgan fingerprint density at radius 1 is 1.10 bits per heavy atom. The topological polar surface area (TPSA) is 126 Å². The summed E-state index contributed by atoms with van der Waals surface area (Å²) in [6.45, 7) is 3.71. The summed E-state index contributed by atoms with van der Waals surface area (Å²) >= 11 is 0. The maximum absolute atomic E-state index is 13.5. The van der Waals surface area contributed by atoms with Crippen LogP contribution in [0, 0.1) is 0 Å². The summed E-state index contributed by atoms with van der Waals surface area (Å²) in [4.78, 5) is 39.7. The van der Waals surface area contributed by atoms with Crippen molar-refractivity contribution >= 4 is 23.5 Å². The van der Waals surface area contributed by atoms with E-state index in [1.807, 2.05) is 6.92 Å². The molecule has 0 aromatic heterocycles. The molecule has 2 aliphatic heterocycles. The van der Waals surface area contributed by atoms with E-state index in [0.29, 0.717) is 17.7 Å². The van der Waals surface area contributed by atoms with Gasteiger partial charge >= 0.3 is 11.9 Å². The summed E-state index contributed by atoms with van der Waals surface area (Å²) in [6, 6.07) is 6.77. The number of esters is 2. The monoisotopic (exact) mass is 430 g/mol. The van der Waals surface area contributed by atoms with E-state index in [4.69, 9.17) is 24.7 Å². The maximum Gasteiger partial charge on any atom is 0.341 e. The Labute approximate surface area is 180 Å². The number of unbranched alkanes of at least 4 members (excludes halogenated alkanes) is 1. The van der Waals surface area contributed by atoms with E-state index in [-0.39, 0.29) is 42.6 Å². The van der Waals surface area contributed by atoms with Crippen LogP contribution >= 0.6 is 0 Å². The first kappa shape index (κ1) is 22.4. The van der Waals surface area contributed by atoms with Gasteiger partial charge in [-0.1, -0.05) is 31.5 Å². The van der Waals surface area contributed by atoms with E-state index in [1.54, 1.807) is 24.3 Å². The molecule has 0 radical (unpaired) electrons. The van der Waals surface area contributed by atoms with E-state index in [9.17, 15) is 14.4 Å². The van der Waals surface area contributed by atoms with E-state index < -0.39 is 23.3 Å². The lowest BCUT2D eigenvalue weighted by Crippen LogP contribution is -2.48. The fourth-order valence-corrected chi connectivity index (χ4v) is 3.82. The van der Waals surface area contributed by atoms with Gasteiger partial charge in [-0.3, -0.25) is 4.79 Å². The Morgan fingerprint density at radius 3 is 2.48 bits per heavy atom. The molecule has 0 aliphatic carbocycles. The van der Waals surface area contributed by atoms with Gasteiger partial charge in [0.15, 0.2) is 0 Å². The molecular formula is C22H26N2O7. The molecule has 0 saturated heterocycles. The molecule has 0 bridgehead atoms. The van der Waals surface area contributed by atoms with Gasteiger partial charge in [0.05, 0.1) is 13.2 Å². The molecule has 2 aliphatic rings. The smallest absolute Gasteiger partial charge is 0.341 e. The number of anilines is 1. The zero-order chi connectivity index (χ0) is 22.6. The zero-order valence-electron chi connectivity index (χ0n) is 17.8. The highest BCUT2D eigenvalue weighted by atomic mass is 16.6. The minimum atomic E-state index is -1.85. The molecule has 9 heteroatoms. The number of rotatable bonds is 8. The summed E-state index contributed by atoms with van der Waals surface area (Å²) in [7, 11) is 1.47. The largest absolute Gasteiger partial charge is 0.462 e. The number of hydrogen-bond donors (Lipinski definition) is 2. The minimum Gasteiger partial charge on any atom is -0.462 e. The maximum atomic E-state index is 13.5. The van der Waals surface area contributed by atoms with Gasteiger partial charge in [0.1, 0.15) is 28.9 Å². The fourth-order valence-electron chi connectivity index (χ4n) is 3.82. The summed E-state index contributed by atoms with van der Waals surface area (Å²) in [5, 5.41) is 2.74. The average Bonchev–Trinajstić information content (AvgIpc) is 3.00. The third-order valence-corrected chi connectivity index (χ3v) is 5.19. The van der Waals surface area contributed by atoms with E-state index in [0.717, 1.165) is 6.42 Å². The Morgan fingerprint density at radius 2 is 1.77 bits per heavy atom. The van der Waals surface area contributed by atoms with Gasteiger partial charge in [-0.25, -0.2) is 9.59 Å². The molecule has 166 valence electrons. The number of nitrogens with one attached hydrogen (secondary N) is 1. The molecule has 2 heterocycles. The molecule has 1 atom stereocenters. The van der Waals surface area contributed by atoms with Gasteiger partial charge < -0.3 is 30.0 Å². The molecule has 3 N–H and O–H groups in total. The first-order valence-electron chi connectivity index (χ1n) is 10.0. The second kappa shape index (κ2) is 9.22. The van der Waals surface area contributed by atoms with Crippen LogP contribution in [0.3, 0.4) is 0 Å². The van der Waals surface area contributed by atoms with Crippen molar-refractivity contribution in [3.05, 3.63) is 52.6 Å². The number of allylic oxidation sites excluding steroid dienone is 1. The van der Waals surface area contributed by atoms with Crippen LogP contribution in [0.4, 0.5) is 5.69 Å². The molecule has 0 fully saturated rings. The number of benzene rings is 1. The number of carbonyl (C=O) groups is 3. The van der Waals surface area contributed by atoms with Crippen molar-refractivity contribution in [2.24, 2.45) is 5.73 Å². The third kappa shape index (κ3) is 3.76. The Bertz CT molecular complexity index is 920. The number of ether oxygens (including phenoxy) is 4. The van der Waals surface area contributed by atoms with E-state index in [1.165, 1.54) is 14.0 Å². The predicted molar refractivity (Wildman–Crippen MR) is 110 cm³/mol. The first-order valence-corrected chi connectivity index (χ1v) is 10.0. The number of methoxy groups -OCH3 is 1. The zero-order valence-corrected chi connectivity index (χ0v) is 17.8. The Kier molecular flexibility index (Phi) is 6.65. The standard InChI is InChI=1S/C22H26N2O7/c1-4-5-10-29-20(26)17-18(23)31-13(2)16(19(25)30-12-11-28-3)22(17)14-8-6-7-9-15(14)24-21(22)27/h6-9H,4-5,10-12,23H2,1-3H3,(H,24,27). The SMILES string of the molecule is CCCCOC(=O)C1=C(N)OC(C)=C(C(=O)OCCOC)C12C(=O)Nc1ccccc12. The number of hydrogen-bond acceptors (Lipinski definition) is 8. The second-order valence-electron chi connectivity index (χ2n) is 7.14. The lowest BCUT2D eigenvalue weighted by molar-refractivity contribution is -0.144. The lowest BCUT2D eigenvalue weighted by Gasteiger charge is -2.35. The van der Waals surface area contributed by atoms with Crippen LogP contribution in [0.15, 0.2) is 47.1 Å². The highest BCUT2D eigenvalue weighted by Gasteiger charge is 2.61. The molecule has 1 unspecified atom stereocenters. The van der Waals surface area contributed by atoms with Gasteiger partial charge in [-0.05, 0) is 19.4 Å². The molecule has 3 rings (SSSR count). The van der Waals surface area contributed by atoms with Crippen molar-refractivity contribution in [1.82, 2.24) is 0 Å². The van der Waals surface area contributed by atoms with Crippen LogP contribution in [-0.2, 0) is 38.7 Å². The van der Waals surface area contributed by atoms with Crippen LogP contribution in [0.25, 0.3) is 0 Å². The second-order valence-corrected chi connectivity index (χ2v) is 7.14. The average molecular weight is 430 g/mol. The number of para-hydroxylation sites is 1. The van der Waals surface area contributed by atoms with Crippen LogP contribution in [-0.4, -0.2) is 44.8 Å². The van der Waals surface area contributed by atoms with Gasteiger partial charge in [0.25, 0.3) is 0 Å². The van der Waals surface area contributed by atoms with Crippen molar-refractivity contribution < 1.29 is 33.3 Å². The summed E-state index contributed by atoms with van der Waals surface area (Å²) in [5.74, 6) is -2.48. The minimum absolute atomic E-state index is 0.0407. The van der Waals surface area contributed by atoms with E-state index >= 15 is 0 Å². The lowest BCUT2D eigenvalue weighted by atomic mass is 9.67. The van der Waals surface area contributed by atoms with Crippen molar-refractivity contribution in [3.63, 3.8) is 0 Å². The third-order valence-electron chi connectivity index (χ3n) is 5.19. The highest BCUT2D eigenvalue weighted by Crippen LogP contribution is 2.52. The molecule has 1 aromatic carbocycles. The quantitative estimate of drug-likeness (QED) is 0.473. The molecule has 0 saturated carbocycles. The summed E-state index contributed by atoms with van der Waals surface area (Å²) < 4.78 is 21.1. The predicted octanol–water partition coefficient (Wildman–Crippen LogP) is 1.88. The van der Waals surface area contributed by atoms with Crippen LogP contribution in [0.5, 0.6) is 0 Å². The van der Waals surface area contributed by atoms with Crippen LogP contribution in [0.1, 0.15) is 32.3 Å². The molecule has 1 amide bonds. The molecule has 31 heavy (non-hydrogen) atoms. The van der Waals surface area contributed by atoms with Gasteiger partial charge in [0.2, 0.25) is 11.8 Å². The number of amides is 1. The van der Waals surface area contributed by atoms with Crippen molar-refractivity contribution in [2.75, 3.05) is 32.2 Å². The van der Waals surface area contributed by atoms with Crippen LogP contribution in [0.2, 0.25) is 0 Å². The van der Waals surface area contributed by atoms with Gasteiger partial charge in [-0.2, -0.15) is 0 Å². The highest BCUT2D eigenvalue weighted by molar-refractivity contribution is 6.21. The van der Waals surface area contributed by atoms with Crippen molar-refractivity contribution in [1.29, 1.82) is 0 Å². The first-order chi connectivity index (χ1) is 14.9. The summed E-state index contributed by atoms with van der Waals surface area (Å²) in [6.07, 6.45) is 1.44. The molecule has 1 aromatic rings. The summed E-state index contributed by atoms with van der Waals surface area (Å²) in [5.41, 5.74) is 4.74. The van der Waals surface area contributed by atoms with Gasteiger partial charge in [-0.15, -0.1) is 0 Å². The fraction of sp³-hybridized carbons (Fsp3) is 0.409. The number of carbonyl (C=O) groups excluding carboxylic acids is 3. The number of fused-ring (bicyclic) bond motifs is 2. The van der Waals surface area contributed by atoms with Crippen molar-refractivity contribution in [2.45, 2.75) is 32.1 Å². The number of nitrogens with two attached hydrogens (primary N) is 1. The van der Waals surface area contributed by atoms with Crippen molar-refractivity contribution in [3.8, 4) is 0 Å². The molecular weight excluding hydrogens is 404 g/mol. The molecule has 1 spiro atoms. The van der Waals surface area contributed by atoms with E-state index in [2.05, 4.69) is 5.32 Å². The van der Waals surface area contributed by atoms with Gasteiger partial charge in [0, 0.05) is 18.4 Å². The van der Waals surface area contributed by atoms with Crippen LogP contribution < -0.4 is 11.1 Å². The Hall–Kier alpha value is -3.33. The Balaban J connectivity index is 2.18. The normalized spacial score (nSPS) is 19.8.